The van der Waals surface area contributed by atoms with E-state index in [0.29, 0.717) is 19.0 Å². The molecular formula is C14H22N2O2S. The van der Waals surface area contributed by atoms with Gasteiger partial charge >= 0.3 is 0 Å². The molecule has 0 saturated carbocycles. The van der Waals surface area contributed by atoms with Crippen molar-refractivity contribution in [2.75, 3.05) is 13.1 Å². The van der Waals surface area contributed by atoms with Gasteiger partial charge in [0.05, 0.1) is 6.10 Å². The van der Waals surface area contributed by atoms with E-state index in [1.165, 1.54) is 4.88 Å². The lowest BCUT2D eigenvalue weighted by Crippen LogP contribution is -2.38. The Kier molecular flexibility index (Phi) is 5.36. The minimum Gasteiger partial charge on any atom is -0.364 e. The molecule has 3 atom stereocenters. The Morgan fingerprint density at radius 1 is 1.63 bits per heavy atom. The molecule has 4 nitrogen and oxygen atoms in total. The molecule has 0 aliphatic carbocycles. The van der Waals surface area contributed by atoms with E-state index in [-0.39, 0.29) is 18.1 Å². The molecule has 1 unspecified atom stereocenters. The van der Waals surface area contributed by atoms with E-state index in [9.17, 15) is 4.79 Å². The number of hydrogen-bond donors (Lipinski definition) is 2. The van der Waals surface area contributed by atoms with Crippen molar-refractivity contribution in [3.63, 3.8) is 0 Å². The van der Waals surface area contributed by atoms with Gasteiger partial charge in [-0.15, -0.1) is 11.3 Å². The zero-order valence-electron chi connectivity index (χ0n) is 11.3. The normalized spacial score (nSPS) is 24.3. The molecule has 2 rings (SSSR count). The van der Waals surface area contributed by atoms with Crippen LogP contribution in [0.1, 0.15) is 24.6 Å². The predicted octanol–water partition coefficient (Wildman–Crippen LogP) is 1.55. The van der Waals surface area contributed by atoms with Crippen molar-refractivity contribution in [3.05, 3.63) is 22.4 Å². The van der Waals surface area contributed by atoms with Crippen LogP contribution in [0.4, 0.5) is 0 Å². The Hall–Kier alpha value is -0.910. The van der Waals surface area contributed by atoms with Gasteiger partial charge < -0.3 is 15.8 Å². The largest absolute Gasteiger partial charge is 0.364 e. The van der Waals surface area contributed by atoms with Crippen LogP contribution in [0.3, 0.4) is 0 Å². The molecule has 0 spiro atoms. The highest BCUT2D eigenvalue weighted by atomic mass is 32.1. The molecule has 19 heavy (non-hydrogen) atoms. The molecule has 1 fully saturated rings. The van der Waals surface area contributed by atoms with E-state index in [4.69, 9.17) is 10.5 Å². The van der Waals surface area contributed by atoms with Crippen LogP contribution >= 0.6 is 11.3 Å². The number of rotatable bonds is 6. The third kappa shape index (κ3) is 4.30. The van der Waals surface area contributed by atoms with Gasteiger partial charge in [-0.3, -0.25) is 4.79 Å². The summed E-state index contributed by atoms with van der Waals surface area (Å²) in [5.74, 6) is 0.447. The Balaban J connectivity index is 1.68. The lowest BCUT2D eigenvalue weighted by atomic mass is 10.1. The summed E-state index contributed by atoms with van der Waals surface area (Å²) >= 11 is 1.76. The molecule has 0 aromatic carbocycles. The molecule has 5 heteroatoms. The number of nitrogens with one attached hydrogen (secondary N) is 1. The highest BCUT2D eigenvalue weighted by molar-refractivity contribution is 7.09. The standard InChI is InChI=1S/C14H22N2O2S/c1-10(7-12-3-2-6-19-12)9-16-14(17)13-5-4-11(8-15)18-13/h2-3,6,10-11,13H,4-5,7-9,15H2,1H3,(H,16,17)/t10?,11-,13+/m1/s1. The summed E-state index contributed by atoms with van der Waals surface area (Å²) in [6.07, 6.45) is 2.43. The van der Waals surface area contributed by atoms with Crippen molar-refractivity contribution >= 4 is 17.2 Å². The third-order valence-electron chi connectivity index (χ3n) is 3.42. The van der Waals surface area contributed by atoms with Gasteiger partial charge in [-0.05, 0) is 36.6 Å². The zero-order valence-corrected chi connectivity index (χ0v) is 12.1. The first-order chi connectivity index (χ1) is 9.19. The van der Waals surface area contributed by atoms with E-state index < -0.39 is 0 Å². The summed E-state index contributed by atoms with van der Waals surface area (Å²) in [7, 11) is 0. The first-order valence-electron chi connectivity index (χ1n) is 6.84. The van der Waals surface area contributed by atoms with E-state index in [1.807, 2.05) is 0 Å². The van der Waals surface area contributed by atoms with Gasteiger partial charge in [-0.2, -0.15) is 0 Å². The Labute approximate surface area is 118 Å². The van der Waals surface area contributed by atoms with Crippen molar-refractivity contribution in [1.82, 2.24) is 5.32 Å². The quantitative estimate of drug-likeness (QED) is 0.832. The number of ether oxygens (including phenoxy) is 1. The molecular weight excluding hydrogens is 260 g/mol. The first-order valence-corrected chi connectivity index (χ1v) is 7.72. The molecule has 1 aliphatic heterocycles. The summed E-state index contributed by atoms with van der Waals surface area (Å²) < 4.78 is 5.58. The fourth-order valence-electron chi connectivity index (χ4n) is 2.30. The number of carbonyl (C=O) groups excluding carboxylic acids is 1. The monoisotopic (exact) mass is 282 g/mol. The summed E-state index contributed by atoms with van der Waals surface area (Å²) in [4.78, 5) is 13.3. The van der Waals surface area contributed by atoms with Crippen molar-refractivity contribution < 1.29 is 9.53 Å². The number of nitrogens with two attached hydrogens (primary N) is 1. The van der Waals surface area contributed by atoms with E-state index in [2.05, 4.69) is 29.8 Å². The SMILES string of the molecule is CC(CNC(=O)[C@@H]1CC[C@H](CN)O1)Cc1cccs1. The second-order valence-electron chi connectivity index (χ2n) is 5.19. The number of hydrogen-bond acceptors (Lipinski definition) is 4. The highest BCUT2D eigenvalue weighted by Crippen LogP contribution is 2.19. The fourth-order valence-corrected chi connectivity index (χ4v) is 3.17. The number of carbonyl (C=O) groups is 1. The number of thiophene rings is 1. The van der Waals surface area contributed by atoms with Gasteiger partial charge in [0.15, 0.2) is 0 Å². The van der Waals surface area contributed by atoms with E-state index >= 15 is 0 Å². The van der Waals surface area contributed by atoms with Gasteiger partial charge in [0.1, 0.15) is 6.10 Å². The maximum atomic E-state index is 11.9. The average molecular weight is 282 g/mol. The van der Waals surface area contributed by atoms with Crippen LogP contribution in [0, 0.1) is 5.92 Å². The molecule has 0 radical (unpaired) electrons. The number of amides is 1. The maximum absolute atomic E-state index is 11.9. The Morgan fingerprint density at radius 3 is 3.11 bits per heavy atom. The van der Waals surface area contributed by atoms with Gasteiger partial charge in [-0.25, -0.2) is 0 Å². The van der Waals surface area contributed by atoms with Gasteiger partial charge in [0.2, 0.25) is 5.91 Å². The van der Waals surface area contributed by atoms with Crippen LogP contribution in [-0.4, -0.2) is 31.2 Å². The van der Waals surface area contributed by atoms with Gasteiger partial charge in [0, 0.05) is 18.0 Å². The molecule has 3 N–H and O–H groups in total. The van der Waals surface area contributed by atoms with Crippen molar-refractivity contribution in [1.29, 1.82) is 0 Å². The predicted molar refractivity (Wildman–Crippen MR) is 77.1 cm³/mol. The second-order valence-corrected chi connectivity index (χ2v) is 6.23. The van der Waals surface area contributed by atoms with Crippen LogP contribution in [-0.2, 0) is 16.0 Å². The van der Waals surface area contributed by atoms with Crippen LogP contribution in [0.2, 0.25) is 0 Å². The molecule has 1 amide bonds. The van der Waals surface area contributed by atoms with Crippen LogP contribution in [0.25, 0.3) is 0 Å². The molecule has 106 valence electrons. The molecule has 0 bridgehead atoms. The topological polar surface area (TPSA) is 64.4 Å². The fraction of sp³-hybridized carbons (Fsp3) is 0.643. The van der Waals surface area contributed by atoms with Gasteiger partial charge in [0.25, 0.3) is 0 Å². The van der Waals surface area contributed by atoms with Crippen molar-refractivity contribution in [3.8, 4) is 0 Å². The molecule has 2 heterocycles. The summed E-state index contributed by atoms with van der Waals surface area (Å²) in [5.41, 5.74) is 5.54. The average Bonchev–Trinajstić information content (AvgIpc) is 3.06. The van der Waals surface area contributed by atoms with E-state index in [1.54, 1.807) is 11.3 Å². The minimum absolute atomic E-state index is 0.00831. The lowest BCUT2D eigenvalue weighted by Gasteiger charge is -2.15. The molecule has 1 aliphatic rings. The second kappa shape index (κ2) is 7.03. The lowest BCUT2D eigenvalue weighted by molar-refractivity contribution is -0.132. The first kappa shape index (κ1) is 14.5. The van der Waals surface area contributed by atoms with Crippen molar-refractivity contribution in [2.24, 2.45) is 11.7 Å². The Morgan fingerprint density at radius 2 is 2.47 bits per heavy atom. The van der Waals surface area contributed by atoms with Crippen molar-refractivity contribution in [2.45, 2.75) is 38.4 Å². The molecule has 1 saturated heterocycles. The summed E-state index contributed by atoms with van der Waals surface area (Å²) in [6, 6.07) is 4.19. The van der Waals surface area contributed by atoms with Crippen LogP contribution < -0.4 is 11.1 Å². The highest BCUT2D eigenvalue weighted by Gasteiger charge is 2.29. The third-order valence-corrected chi connectivity index (χ3v) is 4.32. The van der Waals surface area contributed by atoms with Crippen LogP contribution in [0.5, 0.6) is 0 Å². The summed E-state index contributed by atoms with van der Waals surface area (Å²) in [5, 5.41) is 5.06. The maximum Gasteiger partial charge on any atom is 0.249 e. The molecule has 1 aromatic heterocycles. The van der Waals surface area contributed by atoms with Gasteiger partial charge in [-0.1, -0.05) is 13.0 Å². The zero-order chi connectivity index (χ0) is 13.7. The molecule has 1 aromatic rings. The van der Waals surface area contributed by atoms with Crippen LogP contribution in [0.15, 0.2) is 17.5 Å². The smallest absolute Gasteiger partial charge is 0.249 e. The summed E-state index contributed by atoms with van der Waals surface area (Å²) in [6.45, 7) is 3.35. The Bertz CT molecular complexity index is 394. The minimum atomic E-state index is -0.303. The van der Waals surface area contributed by atoms with E-state index in [0.717, 1.165) is 19.3 Å².